The zero-order chi connectivity index (χ0) is 18.8. The van der Waals surface area contributed by atoms with Crippen molar-refractivity contribution in [3.8, 4) is 0 Å². The number of amides is 2. The van der Waals surface area contributed by atoms with Crippen LogP contribution in [-0.4, -0.2) is 17.4 Å². The first-order chi connectivity index (χ1) is 11.6. The summed E-state index contributed by atoms with van der Waals surface area (Å²) in [6.07, 6.45) is 0. The summed E-state index contributed by atoms with van der Waals surface area (Å²) in [4.78, 5) is 24.2. The Morgan fingerprint density at radius 3 is 2.08 bits per heavy atom. The number of anilines is 1. The highest BCUT2D eigenvalue weighted by Gasteiger charge is 2.17. The highest BCUT2D eigenvalue weighted by atomic mass is 35.5. The minimum atomic E-state index is -1.16. The molecule has 2 aromatic carbocycles. The van der Waals surface area contributed by atoms with Crippen LogP contribution in [0.3, 0.4) is 0 Å². The van der Waals surface area contributed by atoms with Gasteiger partial charge in [0.25, 0.3) is 11.8 Å². The maximum absolute atomic E-state index is 13.3. The summed E-state index contributed by atoms with van der Waals surface area (Å²) in [5, 5.41) is 5.14. The molecule has 0 aromatic heterocycles. The lowest BCUT2D eigenvalue weighted by atomic mass is 10.1. The Bertz CT molecular complexity index is 815. The van der Waals surface area contributed by atoms with Gasteiger partial charge in [-0.1, -0.05) is 11.6 Å². The second-order valence-corrected chi connectivity index (χ2v) is 6.89. The van der Waals surface area contributed by atoms with Gasteiger partial charge in [-0.05, 0) is 57.2 Å². The van der Waals surface area contributed by atoms with Crippen molar-refractivity contribution in [2.45, 2.75) is 26.3 Å². The van der Waals surface area contributed by atoms with E-state index in [1.54, 1.807) is 12.1 Å². The van der Waals surface area contributed by atoms with E-state index in [0.29, 0.717) is 11.3 Å². The number of halogens is 3. The first-order valence-corrected chi connectivity index (χ1v) is 7.83. The molecule has 0 spiro atoms. The van der Waals surface area contributed by atoms with Gasteiger partial charge in [0.05, 0.1) is 10.6 Å². The molecule has 2 N–H and O–H groups in total. The largest absolute Gasteiger partial charge is 0.347 e. The molecule has 0 radical (unpaired) electrons. The molecule has 0 aliphatic heterocycles. The van der Waals surface area contributed by atoms with Crippen molar-refractivity contribution in [2.75, 3.05) is 5.32 Å². The molecule has 0 aliphatic rings. The number of hydrogen-bond donors (Lipinski definition) is 2. The van der Waals surface area contributed by atoms with Crippen LogP contribution in [0.5, 0.6) is 0 Å². The van der Waals surface area contributed by atoms with Crippen molar-refractivity contribution in [1.82, 2.24) is 5.32 Å². The summed E-state index contributed by atoms with van der Waals surface area (Å²) in [6, 6.07) is 7.63. The van der Waals surface area contributed by atoms with Crippen LogP contribution in [0.4, 0.5) is 14.5 Å². The molecule has 0 heterocycles. The molecule has 132 valence electrons. The first-order valence-electron chi connectivity index (χ1n) is 7.45. The fourth-order valence-electron chi connectivity index (χ4n) is 2.01. The summed E-state index contributed by atoms with van der Waals surface area (Å²) in [5.41, 5.74) is 0.264. The summed E-state index contributed by atoms with van der Waals surface area (Å²) in [5.74, 6) is -3.22. The van der Waals surface area contributed by atoms with Gasteiger partial charge in [0.2, 0.25) is 0 Å². The van der Waals surface area contributed by atoms with Crippen LogP contribution < -0.4 is 10.6 Å². The summed E-state index contributed by atoms with van der Waals surface area (Å²) >= 11 is 5.77. The fraction of sp³-hybridized carbons (Fsp3) is 0.222. The molecule has 0 bridgehead atoms. The minimum absolute atomic E-state index is 0.185. The van der Waals surface area contributed by atoms with E-state index in [0.717, 1.165) is 12.1 Å². The molecule has 25 heavy (non-hydrogen) atoms. The Morgan fingerprint density at radius 2 is 1.52 bits per heavy atom. The molecule has 2 rings (SSSR count). The topological polar surface area (TPSA) is 58.2 Å². The van der Waals surface area contributed by atoms with E-state index >= 15 is 0 Å². The Hall–Kier alpha value is -2.47. The van der Waals surface area contributed by atoms with Crippen LogP contribution in [0.2, 0.25) is 5.02 Å². The number of hydrogen-bond acceptors (Lipinski definition) is 2. The fourth-order valence-corrected chi connectivity index (χ4v) is 2.25. The van der Waals surface area contributed by atoms with Gasteiger partial charge in [-0.2, -0.15) is 0 Å². The van der Waals surface area contributed by atoms with E-state index in [2.05, 4.69) is 10.6 Å². The standard InChI is InChI=1S/C18H17ClF2N2O2/c1-18(2,3)23-16(24)10-4-6-11(7-5-10)22-17(25)12-8-14(20)15(21)9-13(12)19/h4-9H,1-3H3,(H,22,25)(H,23,24). The highest BCUT2D eigenvalue weighted by molar-refractivity contribution is 6.34. The van der Waals surface area contributed by atoms with E-state index in [1.165, 1.54) is 12.1 Å². The van der Waals surface area contributed by atoms with Crippen LogP contribution >= 0.6 is 11.6 Å². The van der Waals surface area contributed by atoms with Gasteiger partial charge in [0.15, 0.2) is 11.6 Å². The Balaban J connectivity index is 2.12. The summed E-state index contributed by atoms with van der Waals surface area (Å²) in [7, 11) is 0. The predicted octanol–water partition coefficient (Wildman–Crippen LogP) is 4.40. The third-order valence-electron chi connectivity index (χ3n) is 3.15. The number of rotatable bonds is 3. The summed E-state index contributed by atoms with van der Waals surface area (Å²) in [6.45, 7) is 5.60. The van der Waals surface area contributed by atoms with Gasteiger partial charge in [-0.25, -0.2) is 8.78 Å². The van der Waals surface area contributed by atoms with E-state index in [-0.39, 0.29) is 22.0 Å². The average Bonchev–Trinajstić information content (AvgIpc) is 2.49. The van der Waals surface area contributed by atoms with Crippen molar-refractivity contribution in [2.24, 2.45) is 0 Å². The van der Waals surface area contributed by atoms with Gasteiger partial charge in [-0.15, -0.1) is 0 Å². The lowest BCUT2D eigenvalue weighted by Gasteiger charge is -2.20. The normalized spacial score (nSPS) is 11.1. The first kappa shape index (κ1) is 18.9. The molecule has 0 unspecified atom stereocenters. The van der Waals surface area contributed by atoms with Crippen LogP contribution in [0.15, 0.2) is 36.4 Å². The second kappa shape index (κ2) is 7.19. The number of benzene rings is 2. The quantitative estimate of drug-likeness (QED) is 0.791. The van der Waals surface area contributed by atoms with E-state index < -0.39 is 17.5 Å². The third kappa shape index (κ3) is 5.00. The SMILES string of the molecule is CC(C)(C)NC(=O)c1ccc(NC(=O)c2cc(F)c(F)cc2Cl)cc1. The number of nitrogens with one attached hydrogen (secondary N) is 2. The molecule has 0 atom stereocenters. The van der Waals surface area contributed by atoms with E-state index in [9.17, 15) is 18.4 Å². The molecule has 0 saturated carbocycles. The molecule has 0 fully saturated rings. The van der Waals surface area contributed by atoms with Crippen LogP contribution in [0.1, 0.15) is 41.5 Å². The molecule has 7 heteroatoms. The Kier molecular flexibility index (Phi) is 5.42. The lowest BCUT2D eigenvalue weighted by Crippen LogP contribution is -2.40. The van der Waals surface area contributed by atoms with Gasteiger partial charge >= 0.3 is 0 Å². The monoisotopic (exact) mass is 366 g/mol. The average molecular weight is 367 g/mol. The van der Waals surface area contributed by atoms with Crippen LogP contribution in [0.25, 0.3) is 0 Å². The van der Waals surface area contributed by atoms with Crippen molar-refractivity contribution < 1.29 is 18.4 Å². The van der Waals surface area contributed by atoms with Crippen molar-refractivity contribution in [1.29, 1.82) is 0 Å². The van der Waals surface area contributed by atoms with Gasteiger partial charge in [-0.3, -0.25) is 9.59 Å². The van der Waals surface area contributed by atoms with Crippen molar-refractivity contribution >= 4 is 29.1 Å². The van der Waals surface area contributed by atoms with E-state index in [1.807, 2.05) is 20.8 Å². The number of carbonyl (C=O) groups is 2. The second-order valence-electron chi connectivity index (χ2n) is 6.48. The molecular formula is C18H17ClF2N2O2. The number of carbonyl (C=O) groups excluding carboxylic acids is 2. The zero-order valence-corrected chi connectivity index (χ0v) is 14.7. The van der Waals surface area contributed by atoms with Crippen molar-refractivity contribution in [3.63, 3.8) is 0 Å². The molecule has 0 saturated heterocycles. The van der Waals surface area contributed by atoms with E-state index in [4.69, 9.17) is 11.6 Å². The van der Waals surface area contributed by atoms with Gasteiger partial charge < -0.3 is 10.6 Å². The summed E-state index contributed by atoms with van der Waals surface area (Å²) < 4.78 is 26.3. The smallest absolute Gasteiger partial charge is 0.257 e. The molecule has 2 aromatic rings. The van der Waals surface area contributed by atoms with Crippen LogP contribution in [-0.2, 0) is 0 Å². The zero-order valence-electron chi connectivity index (χ0n) is 13.9. The van der Waals surface area contributed by atoms with Gasteiger partial charge in [0, 0.05) is 16.8 Å². The molecule has 2 amide bonds. The minimum Gasteiger partial charge on any atom is -0.347 e. The Labute approximate surface area is 149 Å². The lowest BCUT2D eigenvalue weighted by molar-refractivity contribution is 0.0919. The van der Waals surface area contributed by atoms with Crippen LogP contribution in [0, 0.1) is 11.6 Å². The Morgan fingerprint density at radius 1 is 0.960 bits per heavy atom. The molecule has 4 nitrogen and oxygen atoms in total. The third-order valence-corrected chi connectivity index (χ3v) is 3.46. The molecule has 0 aliphatic carbocycles. The highest BCUT2D eigenvalue weighted by Crippen LogP contribution is 2.21. The molecular weight excluding hydrogens is 350 g/mol. The predicted molar refractivity (Wildman–Crippen MR) is 93.0 cm³/mol. The maximum atomic E-state index is 13.3. The van der Waals surface area contributed by atoms with Gasteiger partial charge in [0.1, 0.15) is 0 Å². The van der Waals surface area contributed by atoms with Crippen molar-refractivity contribution in [3.05, 3.63) is 64.2 Å². The maximum Gasteiger partial charge on any atom is 0.257 e.